The Morgan fingerprint density at radius 1 is 1.27 bits per heavy atom. The van der Waals surface area contributed by atoms with Crippen molar-refractivity contribution in [3.63, 3.8) is 0 Å². The molecule has 3 rings (SSSR count). The van der Waals surface area contributed by atoms with Crippen LogP contribution in [0.2, 0.25) is 0 Å². The van der Waals surface area contributed by atoms with E-state index in [1.165, 1.54) is 12.1 Å². The summed E-state index contributed by atoms with van der Waals surface area (Å²) in [6, 6.07) is 7.86. The molecule has 1 aliphatic heterocycles. The molecule has 0 bridgehead atoms. The molecule has 0 radical (unpaired) electrons. The number of carbonyl (C=O) groups is 1. The number of halogens is 3. The van der Waals surface area contributed by atoms with E-state index < -0.39 is 11.7 Å². The summed E-state index contributed by atoms with van der Waals surface area (Å²) in [5.74, 6) is -0.000312. The summed E-state index contributed by atoms with van der Waals surface area (Å²) >= 11 is 0. The number of piperazine rings is 1. The smallest absolute Gasteiger partial charge is 0.416 e. The van der Waals surface area contributed by atoms with E-state index in [9.17, 15) is 18.0 Å². The second-order valence-corrected chi connectivity index (χ2v) is 5.90. The molecule has 1 aromatic heterocycles. The lowest BCUT2D eigenvalue weighted by molar-refractivity contribution is -0.138. The highest BCUT2D eigenvalue weighted by Gasteiger charge is 2.30. The van der Waals surface area contributed by atoms with Crippen LogP contribution in [0.15, 0.2) is 48.8 Å². The van der Waals surface area contributed by atoms with Crippen LogP contribution in [0.5, 0.6) is 5.75 Å². The molecule has 1 atom stereocenters. The number of rotatable bonds is 4. The predicted molar refractivity (Wildman–Crippen MR) is 88.5 cm³/mol. The minimum absolute atomic E-state index is 0.152. The van der Waals surface area contributed by atoms with Gasteiger partial charge in [0.15, 0.2) is 6.61 Å². The van der Waals surface area contributed by atoms with E-state index in [-0.39, 0.29) is 24.3 Å². The molecule has 1 amide bonds. The van der Waals surface area contributed by atoms with Crippen molar-refractivity contribution in [1.29, 1.82) is 0 Å². The van der Waals surface area contributed by atoms with Crippen molar-refractivity contribution in [3.8, 4) is 5.75 Å². The minimum Gasteiger partial charge on any atom is -0.484 e. The third kappa shape index (κ3) is 4.32. The van der Waals surface area contributed by atoms with Gasteiger partial charge in [-0.15, -0.1) is 0 Å². The van der Waals surface area contributed by atoms with Crippen LogP contribution in [-0.4, -0.2) is 42.0 Å². The number of hydrogen-bond acceptors (Lipinski definition) is 4. The Labute approximate surface area is 148 Å². The van der Waals surface area contributed by atoms with Crippen LogP contribution < -0.4 is 10.1 Å². The van der Waals surface area contributed by atoms with Crippen molar-refractivity contribution in [2.45, 2.75) is 12.2 Å². The van der Waals surface area contributed by atoms with Crippen LogP contribution in [-0.2, 0) is 11.0 Å². The number of nitrogens with one attached hydrogen (secondary N) is 1. The third-order valence-electron chi connectivity index (χ3n) is 4.18. The van der Waals surface area contributed by atoms with Gasteiger partial charge in [0, 0.05) is 32.0 Å². The summed E-state index contributed by atoms with van der Waals surface area (Å²) in [7, 11) is 0. The van der Waals surface area contributed by atoms with E-state index >= 15 is 0 Å². The topological polar surface area (TPSA) is 54.5 Å². The third-order valence-corrected chi connectivity index (χ3v) is 4.18. The van der Waals surface area contributed by atoms with Gasteiger partial charge in [-0.3, -0.25) is 9.78 Å². The van der Waals surface area contributed by atoms with E-state index in [4.69, 9.17) is 4.74 Å². The number of ether oxygens (including phenoxy) is 1. The van der Waals surface area contributed by atoms with Gasteiger partial charge in [-0.1, -0.05) is 6.07 Å². The maximum Gasteiger partial charge on any atom is 0.416 e. The van der Waals surface area contributed by atoms with Crippen LogP contribution in [0.1, 0.15) is 17.2 Å². The van der Waals surface area contributed by atoms with Gasteiger partial charge in [-0.05, 0) is 35.9 Å². The van der Waals surface area contributed by atoms with Crippen molar-refractivity contribution in [1.82, 2.24) is 15.2 Å². The molecule has 1 N–H and O–H groups in total. The van der Waals surface area contributed by atoms with Crippen LogP contribution in [0.3, 0.4) is 0 Å². The fourth-order valence-corrected chi connectivity index (χ4v) is 2.84. The second-order valence-electron chi connectivity index (χ2n) is 5.90. The van der Waals surface area contributed by atoms with Crippen LogP contribution in [0, 0.1) is 0 Å². The number of carbonyl (C=O) groups excluding carboxylic acids is 1. The van der Waals surface area contributed by atoms with Crippen molar-refractivity contribution >= 4 is 5.91 Å². The van der Waals surface area contributed by atoms with Gasteiger partial charge in [0.1, 0.15) is 5.75 Å². The lowest BCUT2D eigenvalue weighted by atomic mass is 10.1. The Morgan fingerprint density at radius 2 is 2.04 bits per heavy atom. The number of hydrogen-bond donors (Lipinski definition) is 1. The molecule has 1 fully saturated rings. The summed E-state index contributed by atoms with van der Waals surface area (Å²) < 4.78 is 43.1. The first kappa shape index (κ1) is 18.2. The Kier molecular flexibility index (Phi) is 5.41. The number of amides is 1. The molecule has 2 heterocycles. The summed E-state index contributed by atoms with van der Waals surface area (Å²) in [6.45, 7) is 1.57. The first-order chi connectivity index (χ1) is 12.4. The molecule has 0 spiro atoms. The van der Waals surface area contributed by atoms with Gasteiger partial charge in [0.05, 0.1) is 11.6 Å². The van der Waals surface area contributed by atoms with Crippen LogP contribution in [0.25, 0.3) is 0 Å². The standard InChI is InChI=1S/C18H18F3N3O2/c19-18(20,21)14-3-5-15(6-4-14)26-12-17(25)24-9-8-23-11-16(24)13-2-1-7-22-10-13/h1-7,10,16,23H,8-9,11-12H2. The van der Waals surface area contributed by atoms with Gasteiger partial charge >= 0.3 is 6.18 Å². The minimum atomic E-state index is -4.40. The Balaban J connectivity index is 1.63. The van der Waals surface area contributed by atoms with Gasteiger partial charge in [-0.2, -0.15) is 13.2 Å². The van der Waals surface area contributed by atoms with Gasteiger partial charge in [-0.25, -0.2) is 0 Å². The molecule has 0 aliphatic carbocycles. The largest absolute Gasteiger partial charge is 0.484 e. The van der Waals surface area contributed by atoms with Crippen molar-refractivity contribution in [3.05, 3.63) is 59.9 Å². The van der Waals surface area contributed by atoms with E-state index in [1.807, 2.05) is 12.1 Å². The molecule has 1 saturated heterocycles. The van der Waals surface area contributed by atoms with Gasteiger partial charge in [0.2, 0.25) is 0 Å². The number of nitrogens with zero attached hydrogens (tertiary/aromatic N) is 2. The van der Waals surface area contributed by atoms with Crippen molar-refractivity contribution in [2.75, 3.05) is 26.2 Å². The van der Waals surface area contributed by atoms with Crippen LogP contribution in [0.4, 0.5) is 13.2 Å². The highest BCUT2D eigenvalue weighted by atomic mass is 19.4. The molecule has 1 unspecified atom stereocenters. The van der Waals surface area contributed by atoms with E-state index in [0.29, 0.717) is 19.6 Å². The zero-order chi connectivity index (χ0) is 18.6. The zero-order valence-corrected chi connectivity index (χ0v) is 13.9. The zero-order valence-electron chi connectivity index (χ0n) is 13.9. The summed E-state index contributed by atoms with van der Waals surface area (Å²) in [4.78, 5) is 18.3. The van der Waals surface area contributed by atoms with E-state index in [0.717, 1.165) is 17.7 Å². The highest BCUT2D eigenvalue weighted by Crippen LogP contribution is 2.30. The predicted octanol–water partition coefficient (Wildman–Crippen LogP) is 2.65. The molecular formula is C18H18F3N3O2. The first-order valence-corrected chi connectivity index (χ1v) is 8.15. The Morgan fingerprint density at radius 3 is 2.69 bits per heavy atom. The summed E-state index contributed by atoms with van der Waals surface area (Å²) in [5, 5.41) is 3.24. The fraction of sp³-hybridized carbons (Fsp3) is 0.333. The van der Waals surface area contributed by atoms with E-state index in [2.05, 4.69) is 10.3 Å². The SMILES string of the molecule is O=C(COc1ccc(C(F)(F)F)cc1)N1CCNCC1c1cccnc1. The van der Waals surface area contributed by atoms with E-state index in [1.54, 1.807) is 17.3 Å². The molecule has 1 aromatic carbocycles. The molecule has 8 heteroatoms. The first-order valence-electron chi connectivity index (χ1n) is 8.15. The van der Waals surface area contributed by atoms with Gasteiger partial charge < -0.3 is 15.0 Å². The Hall–Kier alpha value is -2.61. The monoisotopic (exact) mass is 365 g/mol. The van der Waals surface area contributed by atoms with Crippen molar-refractivity contribution in [2.24, 2.45) is 0 Å². The molecule has 0 saturated carbocycles. The lowest BCUT2D eigenvalue weighted by Crippen LogP contribution is -2.50. The van der Waals surface area contributed by atoms with Gasteiger partial charge in [0.25, 0.3) is 5.91 Å². The number of aromatic nitrogens is 1. The molecule has 26 heavy (non-hydrogen) atoms. The molecule has 5 nitrogen and oxygen atoms in total. The molecule has 1 aliphatic rings. The average molecular weight is 365 g/mol. The molecule has 2 aromatic rings. The summed E-state index contributed by atoms with van der Waals surface area (Å²) in [5.41, 5.74) is 0.164. The second kappa shape index (κ2) is 7.74. The average Bonchev–Trinajstić information content (AvgIpc) is 2.66. The number of alkyl halides is 3. The summed E-state index contributed by atoms with van der Waals surface area (Å²) in [6.07, 6.45) is -1.01. The lowest BCUT2D eigenvalue weighted by Gasteiger charge is -2.36. The highest BCUT2D eigenvalue weighted by molar-refractivity contribution is 5.78. The normalized spacial score (nSPS) is 17.8. The maximum absolute atomic E-state index is 12.6. The Bertz CT molecular complexity index is 736. The number of pyridine rings is 1. The van der Waals surface area contributed by atoms with Crippen molar-refractivity contribution < 1.29 is 22.7 Å². The maximum atomic E-state index is 12.6. The quantitative estimate of drug-likeness (QED) is 0.905. The molecular weight excluding hydrogens is 347 g/mol. The molecule has 138 valence electrons. The fourth-order valence-electron chi connectivity index (χ4n) is 2.84. The number of benzene rings is 1. The van der Waals surface area contributed by atoms with Crippen LogP contribution >= 0.6 is 0 Å².